The number of nitrogens with one attached hydrogen (secondary N) is 1. The fourth-order valence-electron chi connectivity index (χ4n) is 1.55. The molecule has 13 heavy (non-hydrogen) atoms. The van der Waals surface area contributed by atoms with Gasteiger partial charge in [-0.3, -0.25) is 0 Å². The lowest BCUT2D eigenvalue weighted by molar-refractivity contribution is 0.0653. The van der Waals surface area contributed by atoms with E-state index in [1.165, 1.54) is 12.8 Å². The molecule has 1 N–H and O–H groups in total. The van der Waals surface area contributed by atoms with Crippen molar-refractivity contribution in [2.75, 3.05) is 39.5 Å². The summed E-state index contributed by atoms with van der Waals surface area (Å²) in [5.74, 6) is 0.815. The summed E-state index contributed by atoms with van der Waals surface area (Å²) >= 11 is 0. The third kappa shape index (κ3) is 5.24. The Morgan fingerprint density at radius 2 is 2.15 bits per heavy atom. The Morgan fingerprint density at radius 1 is 1.38 bits per heavy atom. The summed E-state index contributed by atoms with van der Waals surface area (Å²) in [6.07, 6.45) is 2.42. The van der Waals surface area contributed by atoms with Crippen molar-refractivity contribution in [3.05, 3.63) is 0 Å². The third-order valence-corrected chi connectivity index (χ3v) is 2.40. The van der Waals surface area contributed by atoms with Crippen molar-refractivity contribution >= 4 is 0 Å². The van der Waals surface area contributed by atoms with Gasteiger partial charge < -0.3 is 14.8 Å². The average Bonchev–Trinajstić information content (AvgIpc) is 2.19. The van der Waals surface area contributed by atoms with Crippen LogP contribution in [0.1, 0.15) is 19.8 Å². The molecule has 0 unspecified atom stereocenters. The average molecular weight is 187 g/mol. The van der Waals surface area contributed by atoms with Gasteiger partial charge in [0.1, 0.15) is 0 Å². The van der Waals surface area contributed by atoms with Crippen LogP contribution >= 0.6 is 0 Å². The molecule has 1 fully saturated rings. The van der Waals surface area contributed by atoms with Crippen LogP contribution in [0.2, 0.25) is 0 Å². The molecule has 78 valence electrons. The molecule has 0 amide bonds. The number of hydrogen-bond donors (Lipinski definition) is 1. The first kappa shape index (κ1) is 11.0. The molecular weight excluding hydrogens is 166 g/mol. The van der Waals surface area contributed by atoms with Gasteiger partial charge in [0.05, 0.1) is 6.61 Å². The van der Waals surface area contributed by atoms with E-state index in [4.69, 9.17) is 9.47 Å². The van der Waals surface area contributed by atoms with Crippen molar-refractivity contribution in [3.8, 4) is 0 Å². The van der Waals surface area contributed by atoms with Crippen molar-refractivity contribution in [2.45, 2.75) is 19.8 Å². The van der Waals surface area contributed by atoms with Crippen LogP contribution in [0.3, 0.4) is 0 Å². The van der Waals surface area contributed by atoms with Gasteiger partial charge in [0.2, 0.25) is 0 Å². The molecule has 0 bridgehead atoms. The van der Waals surface area contributed by atoms with Gasteiger partial charge in [-0.15, -0.1) is 0 Å². The van der Waals surface area contributed by atoms with Gasteiger partial charge in [-0.25, -0.2) is 0 Å². The van der Waals surface area contributed by atoms with E-state index in [1.807, 2.05) is 6.92 Å². The van der Waals surface area contributed by atoms with E-state index in [0.29, 0.717) is 0 Å². The molecule has 0 atom stereocenters. The van der Waals surface area contributed by atoms with Crippen LogP contribution in [-0.4, -0.2) is 39.5 Å². The van der Waals surface area contributed by atoms with Gasteiger partial charge in [-0.2, -0.15) is 0 Å². The lowest BCUT2D eigenvalue weighted by Crippen LogP contribution is -2.29. The minimum Gasteiger partial charge on any atom is -0.381 e. The van der Waals surface area contributed by atoms with Crippen molar-refractivity contribution in [2.24, 2.45) is 5.92 Å². The Hall–Kier alpha value is -0.120. The highest BCUT2D eigenvalue weighted by molar-refractivity contribution is 4.65. The van der Waals surface area contributed by atoms with Gasteiger partial charge in [-0.05, 0) is 32.2 Å². The predicted molar refractivity (Wildman–Crippen MR) is 52.9 cm³/mol. The quantitative estimate of drug-likeness (QED) is 0.630. The first-order valence-electron chi connectivity index (χ1n) is 5.29. The highest BCUT2D eigenvalue weighted by Gasteiger charge is 2.12. The lowest BCUT2D eigenvalue weighted by atomic mass is 10.0. The minimum absolute atomic E-state index is 0.815. The van der Waals surface area contributed by atoms with Gasteiger partial charge in [0.15, 0.2) is 0 Å². The molecular formula is C10H21NO2. The van der Waals surface area contributed by atoms with Gasteiger partial charge in [-0.1, -0.05) is 0 Å². The summed E-state index contributed by atoms with van der Waals surface area (Å²) in [6, 6.07) is 0. The van der Waals surface area contributed by atoms with Crippen LogP contribution in [0.25, 0.3) is 0 Å². The smallest absolute Gasteiger partial charge is 0.0590 e. The van der Waals surface area contributed by atoms with Gasteiger partial charge in [0.25, 0.3) is 0 Å². The second-order valence-electron chi connectivity index (χ2n) is 3.46. The summed E-state index contributed by atoms with van der Waals surface area (Å²) in [5, 5.41) is 3.41. The number of hydrogen-bond acceptors (Lipinski definition) is 3. The maximum Gasteiger partial charge on any atom is 0.0590 e. The molecule has 0 aromatic rings. The zero-order chi connectivity index (χ0) is 9.36. The topological polar surface area (TPSA) is 30.5 Å². The van der Waals surface area contributed by atoms with Crippen LogP contribution in [0.15, 0.2) is 0 Å². The summed E-state index contributed by atoms with van der Waals surface area (Å²) < 4.78 is 10.5. The second kappa shape index (κ2) is 7.30. The lowest BCUT2D eigenvalue weighted by Gasteiger charge is -2.22. The number of ether oxygens (including phenoxy) is 2. The Labute approximate surface area is 80.8 Å². The Bertz CT molecular complexity index is 113. The third-order valence-electron chi connectivity index (χ3n) is 2.40. The summed E-state index contributed by atoms with van der Waals surface area (Å²) in [5.41, 5.74) is 0. The normalized spacial score (nSPS) is 19.2. The van der Waals surface area contributed by atoms with Crippen molar-refractivity contribution in [1.82, 2.24) is 5.32 Å². The van der Waals surface area contributed by atoms with E-state index in [0.717, 1.165) is 45.4 Å². The molecule has 0 spiro atoms. The Kier molecular flexibility index (Phi) is 6.15. The van der Waals surface area contributed by atoms with Gasteiger partial charge >= 0.3 is 0 Å². The highest BCUT2D eigenvalue weighted by Crippen LogP contribution is 2.12. The molecule has 0 aliphatic carbocycles. The molecule has 0 saturated carbocycles. The Morgan fingerprint density at radius 3 is 2.85 bits per heavy atom. The molecule has 1 rings (SSSR count). The van der Waals surface area contributed by atoms with E-state index in [2.05, 4.69) is 5.32 Å². The number of rotatable bonds is 6. The molecule has 0 aromatic heterocycles. The summed E-state index contributed by atoms with van der Waals surface area (Å²) in [6.45, 7) is 7.66. The largest absolute Gasteiger partial charge is 0.381 e. The fraction of sp³-hybridized carbons (Fsp3) is 1.00. The maximum absolute atomic E-state index is 5.29. The van der Waals surface area contributed by atoms with Gasteiger partial charge in [0, 0.05) is 26.4 Å². The Balaban J connectivity index is 1.86. The molecule has 1 saturated heterocycles. The standard InChI is InChI=1S/C10H21NO2/c1-2-12-8-5-11-9-10-3-6-13-7-4-10/h10-11H,2-9H2,1H3. The molecule has 0 radical (unpaired) electrons. The highest BCUT2D eigenvalue weighted by atomic mass is 16.5. The summed E-state index contributed by atoms with van der Waals surface area (Å²) in [4.78, 5) is 0. The maximum atomic E-state index is 5.29. The molecule has 1 aliphatic heterocycles. The second-order valence-corrected chi connectivity index (χ2v) is 3.46. The van der Waals surface area contributed by atoms with Crippen LogP contribution in [0.5, 0.6) is 0 Å². The van der Waals surface area contributed by atoms with Crippen LogP contribution in [0, 0.1) is 5.92 Å². The van der Waals surface area contributed by atoms with Crippen LogP contribution in [0.4, 0.5) is 0 Å². The first-order chi connectivity index (χ1) is 6.43. The van der Waals surface area contributed by atoms with E-state index >= 15 is 0 Å². The zero-order valence-corrected chi connectivity index (χ0v) is 8.55. The minimum atomic E-state index is 0.815. The van der Waals surface area contributed by atoms with Crippen molar-refractivity contribution < 1.29 is 9.47 Å². The molecule has 3 nitrogen and oxygen atoms in total. The zero-order valence-electron chi connectivity index (χ0n) is 8.55. The van der Waals surface area contributed by atoms with E-state index < -0.39 is 0 Å². The van der Waals surface area contributed by atoms with Crippen molar-refractivity contribution in [3.63, 3.8) is 0 Å². The fourth-order valence-corrected chi connectivity index (χ4v) is 1.55. The molecule has 0 aromatic carbocycles. The van der Waals surface area contributed by atoms with E-state index in [9.17, 15) is 0 Å². The molecule has 1 heterocycles. The predicted octanol–water partition coefficient (Wildman–Crippen LogP) is 1.04. The van der Waals surface area contributed by atoms with Crippen LogP contribution in [-0.2, 0) is 9.47 Å². The monoisotopic (exact) mass is 187 g/mol. The SMILES string of the molecule is CCOCCNCC1CCOCC1. The summed E-state index contributed by atoms with van der Waals surface area (Å²) in [7, 11) is 0. The van der Waals surface area contributed by atoms with E-state index in [-0.39, 0.29) is 0 Å². The molecule has 1 aliphatic rings. The van der Waals surface area contributed by atoms with Crippen molar-refractivity contribution in [1.29, 1.82) is 0 Å². The van der Waals surface area contributed by atoms with E-state index in [1.54, 1.807) is 0 Å². The van der Waals surface area contributed by atoms with Crippen LogP contribution < -0.4 is 5.32 Å². The first-order valence-corrected chi connectivity index (χ1v) is 5.29. The molecule has 3 heteroatoms.